The lowest BCUT2D eigenvalue weighted by molar-refractivity contribution is -0.127. The van der Waals surface area contributed by atoms with E-state index in [0.717, 1.165) is 4.90 Å². The highest BCUT2D eigenvalue weighted by Crippen LogP contribution is 2.43. The monoisotopic (exact) mass is 478 g/mol. The topological polar surface area (TPSA) is 110 Å². The molecule has 2 rings (SSSR count). The Balaban J connectivity index is 2.43. The highest BCUT2D eigenvalue weighted by Gasteiger charge is 2.36. The fraction of sp³-hybridized carbons (Fsp3) is 0.214. The van der Waals surface area contributed by atoms with E-state index in [1.165, 1.54) is 12.1 Å². The van der Waals surface area contributed by atoms with Crippen molar-refractivity contribution in [1.82, 2.24) is 4.90 Å². The number of hydrogen-bond donors (Lipinski definition) is 2. The number of carbonyl (C=O) groups is 3. The lowest BCUT2D eigenvalue weighted by atomic mass is 10.2. The summed E-state index contributed by atoms with van der Waals surface area (Å²) in [4.78, 5) is 35.9. The van der Waals surface area contributed by atoms with Crippen LogP contribution in [-0.2, 0) is 9.59 Å². The summed E-state index contributed by atoms with van der Waals surface area (Å²) in [5, 5.41) is 9.46. The van der Waals surface area contributed by atoms with Crippen LogP contribution in [0, 0.1) is 0 Å². The van der Waals surface area contributed by atoms with Crippen molar-refractivity contribution in [3.8, 4) is 11.5 Å². The molecule has 0 saturated carbocycles. The number of nitrogens with zero attached hydrogens (tertiary/aromatic N) is 1. The van der Waals surface area contributed by atoms with Gasteiger partial charge in [-0.25, -0.2) is 0 Å². The summed E-state index contributed by atoms with van der Waals surface area (Å²) >= 11 is 7.26. The lowest BCUT2D eigenvalue weighted by Crippen LogP contribution is -2.36. The third kappa shape index (κ3) is 3.76. The molecule has 1 aliphatic rings. The predicted molar refractivity (Wildman–Crippen MR) is 96.5 cm³/mol. The smallest absolute Gasteiger partial charge is 0.294 e. The Kier molecular flexibility index (Phi) is 5.94. The molecule has 0 unspecified atom stereocenters. The van der Waals surface area contributed by atoms with Gasteiger partial charge in [-0.2, -0.15) is 0 Å². The van der Waals surface area contributed by atoms with E-state index in [0.29, 0.717) is 32.9 Å². The second-order valence-corrected chi connectivity index (χ2v) is 7.19. The highest BCUT2D eigenvalue weighted by molar-refractivity contribution is 9.13. The molecule has 24 heavy (non-hydrogen) atoms. The van der Waals surface area contributed by atoms with E-state index < -0.39 is 23.6 Å². The number of nitrogens with two attached hydrogens (primary N) is 1. The Labute approximate surface area is 158 Å². The molecule has 7 nitrogen and oxygen atoms in total. The summed E-state index contributed by atoms with van der Waals surface area (Å²) in [6.45, 7) is 1.65. The van der Waals surface area contributed by atoms with Crippen molar-refractivity contribution in [1.29, 1.82) is 0 Å². The van der Waals surface area contributed by atoms with Crippen LogP contribution in [0.1, 0.15) is 12.5 Å². The standard InChI is InChI=1S/C14H12Br2N2O5S/c1-2-23-7-3-6(10(15)11(16)12(7)20)4-8-13(21)18(5-9(17)19)14(22)24-8/h3-4,20H,2,5H2,1H3,(H2,17,19)/b8-4-. The van der Waals surface area contributed by atoms with Gasteiger partial charge >= 0.3 is 0 Å². The van der Waals surface area contributed by atoms with Crippen molar-refractivity contribution in [2.45, 2.75) is 6.92 Å². The van der Waals surface area contributed by atoms with Gasteiger partial charge in [0.25, 0.3) is 11.1 Å². The molecule has 3 N–H and O–H groups in total. The number of imide groups is 1. The second-order valence-electron chi connectivity index (χ2n) is 4.61. The molecule has 1 aliphatic heterocycles. The van der Waals surface area contributed by atoms with E-state index in [9.17, 15) is 19.5 Å². The van der Waals surface area contributed by atoms with E-state index in [4.69, 9.17) is 10.5 Å². The van der Waals surface area contributed by atoms with Gasteiger partial charge in [0.15, 0.2) is 11.5 Å². The number of rotatable bonds is 5. The molecule has 1 aromatic rings. The maximum atomic E-state index is 12.2. The number of benzene rings is 1. The number of thioether (sulfide) groups is 1. The van der Waals surface area contributed by atoms with Gasteiger partial charge in [-0.3, -0.25) is 19.3 Å². The fourth-order valence-electron chi connectivity index (χ4n) is 1.92. The Bertz CT molecular complexity index is 766. The van der Waals surface area contributed by atoms with Gasteiger partial charge in [0.05, 0.1) is 16.0 Å². The zero-order valence-corrected chi connectivity index (χ0v) is 16.3. The molecule has 0 aliphatic carbocycles. The molecule has 0 bridgehead atoms. The van der Waals surface area contributed by atoms with Crippen molar-refractivity contribution in [2.75, 3.05) is 13.2 Å². The van der Waals surface area contributed by atoms with Crippen molar-refractivity contribution in [3.63, 3.8) is 0 Å². The van der Waals surface area contributed by atoms with Gasteiger partial charge in [-0.15, -0.1) is 0 Å². The van der Waals surface area contributed by atoms with Crippen molar-refractivity contribution >= 4 is 66.8 Å². The van der Waals surface area contributed by atoms with Crippen LogP contribution in [0.4, 0.5) is 4.79 Å². The van der Waals surface area contributed by atoms with E-state index in [1.54, 1.807) is 6.92 Å². The molecule has 1 saturated heterocycles. The summed E-state index contributed by atoms with van der Waals surface area (Å²) in [6.07, 6.45) is 1.47. The number of carbonyl (C=O) groups excluding carboxylic acids is 3. The third-order valence-corrected chi connectivity index (χ3v) is 6.01. The van der Waals surface area contributed by atoms with Crippen molar-refractivity contribution < 1.29 is 24.2 Å². The van der Waals surface area contributed by atoms with Gasteiger partial charge in [0.2, 0.25) is 5.91 Å². The minimum absolute atomic E-state index is 0.0808. The van der Waals surface area contributed by atoms with Crippen LogP contribution in [0.2, 0.25) is 0 Å². The average Bonchev–Trinajstić information content (AvgIpc) is 2.77. The van der Waals surface area contributed by atoms with Crippen molar-refractivity contribution in [2.24, 2.45) is 5.73 Å². The number of phenols is 1. The zero-order valence-electron chi connectivity index (χ0n) is 12.3. The van der Waals surface area contributed by atoms with E-state index >= 15 is 0 Å². The van der Waals surface area contributed by atoms with E-state index in [2.05, 4.69) is 31.9 Å². The number of amides is 3. The molecule has 0 spiro atoms. The van der Waals surface area contributed by atoms with Gasteiger partial charge < -0.3 is 15.6 Å². The molecule has 128 valence electrons. The maximum Gasteiger partial charge on any atom is 0.294 e. The minimum Gasteiger partial charge on any atom is -0.503 e. The number of aromatic hydroxyl groups is 1. The van der Waals surface area contributed by atoms with Gasteiger partial charge in [-0.05, 0) is 68.3 Å². The molecule has 1 fully saturated rings. The van der Waals surface area contributed by atoms with E-state index in [1.807, 2.05) is 0 Å². The number of halogens is 2. The molecule has 10 heteroatoms. The van der Waals surface area contributed by atoms with Crippen LogP contribution in [0.3, 0.4) is 0 Å². The first kappa shape index (κ1) is 18.8. The maximum absolute atomic E-state index is 12.2. The molecular formula is C14H12Br2N2O5S. The summed E-state index contributed by atoms with van der Waals surface area (Å²) in [7, 11) is 0. The third-order valence-electron chi connectivity index (χ3n) is 2.95. The quantitative estimate of drug-likeness (QED) is 0.628. The van der Waals surface area contributed by atoms with Crippen LogP contribution in [0.15, 0.2) is 19.9 Å². The van der Waals surface area contributed by atoms with Crippen LogP contribution in [0.5, 0.6) is 11.5 Å². The molecule has 3 amide bonds. The zero-order chi connectivity index (χ0) is 18.0. The summed E-state index contributed by atoms with van der Waals surface area (Å²) in [6, 6.07) is 1.54. The van der Waals surface area contributed by atoms with Gasteiger partial charge in [0, 0.05) is 4.47 Å². The normalized spacial score (nSPS) is 16.1. The Morgan fingerprint density at radius 3 is 2.67 bits per heavy atom. The SMILES string of the molecule is CCOc1cc(/C=C2\SC(=O)N(CC(N)=O)C2=O)c(Br)c(Br)c1O. The first-order valence-corrected chi connectivity index (χ1v) is 9.03. The molecular weight excluding hydrogens is 468 g/mol. The number of phenolic OH excluding ortho intramolecular Hbond substituents is 1. The second kappa shape index (κ2) is 7.58. The molecule has 1 heterocycles. The Morgan fingerprint density at radius 1 is 1.42 bits per heavy atom. The number of ether oxygens (including phenoxy) is 1. The molecule has 0 atom stereocenters. The number of primary amides is 1. The van der Waals surface area contributed by atoms with Crippen LogP contribution >= 0.6 is 43.6 Å². The lowest BCUT2D eigenvalue weighted by Gasteiger charge is -2.11. The average molecular weight is 480 g/mol. The minimum atomic E-state index is -0.772. The van der Waals surface area contributed by atoms with Gasteiger partial charge in [0.1, 0.15) is 6.54 Å². The number of hydrogen-bond acceptors (Lipinski definition) is 6. The van der Waals surface area contributed by atoms with Gasteiger partial charge in [-0.1, -0.05) is 0 Å². The first-order valence-electron chi connectivity index (χ1n) is 6.63. The fourth-order valence-corrected chi connectivity index (χ4v) is 3.59. The molecule has 0 radical (unpaired) electrons. The van der Waals surface area contributed by atoms with E-state index in [-0.39, 0.29) is 16.4 Å². The van der Waals surface area contributed by atoms with Crippen LogP contribution < -0.4 is 10.5 Å². The molecule has 0 aromatic heterocycles. The Morgan fingerprint density at radius 2 is 2.08 bits per heavy atom. The summed E-state index contributed by atoms with van der Waals surface area (Å²) in [5.74, 6) is -1.22. The Hall–Kier alpha value is -1.52. The largest absolute Gasteiger partial charge is 0.503 e. The first-order chi connectivity index (χ1) is 11.3. The molecule has 1 aromatic carbocycles. The highest BCUT2D eigenvalue weighted by atomic mass is 79.9. The van der Waals surface area contributed by atoms with Crippen molar-refractivity contribution in [3.05, 3.63) is 25.5 Å². The van der Waals surface area contributed by atoms with Crippen LogP contribution in [-0.4, -0.2) is 40.2 Å². The summed E-state index contributed by atoms with van der Waals surface area (Å²) in [5.41, 5.74) is 5.56. The summed E-state index contributed by atoms with van der Waals surface area (Å²) < 4.78 is 6.19. The van der Waals surface area contributed by atoms with Crippen LogP contribution in [0.25, 0.3) is 6.08 Å². The predicted octanol–water partition coefficient (Wildman–Crippen LogP) is 2.84.